The van der Waals surface area contributed by atoms with Crippen LogP contribution in [0, 0.1) is 0 Å². The molecule has 5 heteroatoms. The van der Waals surface area contributed by atoms with Gasteiger partial charge in [0.15, 0.2) is 11.5 Å². The molecule has 2 N–H and O–H groups in total. The van der Waals surface area contributed by atoms with Gasteiger partial charge in [0, 0.05) is 23.9 Å². The van der Waals surface area contributed by atoms with Crippen molar-refractivity contribution in [3.8, 4) is 11.5 Å². The minimum Gasteiger partial charge on any atom is -0.504 e. The van der Waals surface area contributed by atoms with Gasteiger partial charge in [0.25, 0.3) is 5.91 Å². The van der Waals surface area contributed by atoms with Crippen molar-refractivity contribution in [2.24, 2.45) is 4.99 Å². The highest BCUT2D eigenvalue weighted by molar-refractivity contribution is 5.95. The number of hydrogen-bond donors (Lipinski definition) is 2. The molecule has 0 fully saturated rings. The molecule has 120 valence electrons. The summed E-state index contributed by atoms with van der Waals surface area (Å²) in [6, 6.07) is 12.2. The van der Waals surface area contributed by atoms with Crippen molar-refractivity contribution in [2.45, 2.75) is 13.8 Å². The Kier molecular flexibility index (Phi) is 5.74. The van der Waals surface area contributed by atoms with E-state index in [1.54, 1.807) is 48.7 Å². The number of hydrogen-bond acceptors (Lipinski definition) is 4. The van der Waals surface area contributed by atoms with Gasteiger partial charge in [0.2, 0.25) is 0 Å². The van der Waals surface area contributed by atoms with Crippen LogP contribution in [0.1, 0.15) is 29.8 Å². The van der Waals surface area contributed by atoms with Gasteiger partial charge in [-0.3, -0.25) is 9.79 Å². The van der Waals surface area contributed by atoms with Crippen LogP contribution < -0.4 is 10.1 Å². The number of carbonyl (C=O) groups is 1. The Labute approximate surface area is 135 Å². The highest BCUT2D eigenvalue weighted by atomic mass is 16.5. The molecule has 0 aliphatic carbocycles. The van der Waals surface area contributed by atoms with Gasteiger partial charge in [-0.05, 0) is 44.2 Å². The molecule has 5 nitrogen and oxygen atoms in total. The van der Waals surface area contributed by atoms with E-state index in [0.29, 0.717) is 35.7 Å². The summed E-state index contributed by atoms with van der Waals surface area (Å²) in [5, 5.41) is 12.9. The molecule has 0 heterocycles. The van der Waals surface area contributed by atoms with Crippen LogP contribution in [0.5, 0.6) is 11.5 Å². The molecule has 0 aliphatic rings. The van der Waals surface area contributed by atoms with Gasteiger partial charge in [-0.25, -0.2) is 0 Å². The van der Waals surface area contributed by atoms with Gasteiger partial charge in [-0.1, -0.05) is 12.1 Å². The fourth-order valence-corrected chi connectivity index (χ4v) is 2.05. The van der Waals surface area contributed by atoms with E-state index in [1.165, 1.54) is 0 Å². The minimum atomic E-state index is -0.134. The summed E-state index contributed by atoms with van der Waals surface area (Å²) in [4.78, 5) is 16.1. The maximum Gasteiger partial charge on any atom is 0.251 e. The summed E-state index contributed by atoms with van der Waals surface area (Å²) in [6.45, 7) is 4.77. The van der Waals surface area contributed by atoms with Crippen LogP contribution >= 0.6 is 0 Å². The first-order chi connectivity index (χ1) is 11.2. The molecular formula is C18H20N2O3. The first-order valence-electron chi connectivity index (χ1n) is 7.52. The van der Waals surface area contributed by atoms with Crippen molar-refractivity contribution >= 4 is 17.8 Å². The van der Waals surface area contributed by atoms with Gasteiger partial charge in [-0.15, -0.1) is 0 Å². The Morgan fingerprint density at radius 2 is 2.04 bits per heavy atom. The van der Waals surface area contributed by atoms with Crippen molar-refractivity contribution in [1.29, 1.82) is 0 Å². The number of benzene rings is 2. The predicted molar refractivity (Wildman–Crippen MR) is 91.0 cm³/mol. The number of carbonyl (C=O) groups excluding carboxylic acids is 1. The largest absolute Gasteiger partial charge is 0.504 e. The number of amides is 1. The molecule has 0 bridgehead atoms. The second kappa shape index (κ2) is 7.98. The van der Waals surface area contributed by atoms with Crippen LogP contribution in [0.4, 0.5) is 5.69 Å². The molecule has 2 rings (SSSR count). The summed E-state index contributed by atoms with van der Waals surface area (Å²) in [7, 11) is 0. The topological polar surface area (TPSA) is 70.9 Å². The SMILES string of the molecule is CCNC(=O)c1cccc(N=Cc2cccc(OCC)c2O)c1. The Bertz CT molecular complexity index is 711. The van der Waals surface area contributed by atoms with Crippen molar-refractivity contribution in [1.82, 2.24) is 5.32 Å². The Morgan fingerprint density at radius 1 is 1.26 bits per heavy atom. The van der Waals surface area contributed by atoms with Gasteiger partial charge >= 0.3 is 0 Å². The van der Waals surface area contributed by atoms with Crippen LogP contribution in [0.2, 0.25) is 0 Å². The Hall–Kier alpha value is -2.82. The van der Waals surface area contributed by atoms with Crippen LogP contribution in [-0.4, -0.2) is 30.4 Å². The smallest absolute Gasteiger partial charge is 0.251 e. The van der Waals surface area contributed by atoms with Gasteiger partial charge in [-0.2, -0.15) is 0 Å². The van der Waals surface area contributed by atoms with Gasteiger partial charge in [0.05, 0.1) is 12.3 Å². The van der Waals surface area contributed by atoms with Crippen LogP contribution in [-0.2, 0) is 0 Å². The number of phenolic OH excluding ortho intramolecular Hbond substituents is 1. The Balaban J connectivity index is 2.22. The van der Waals surface area contributed by atoms with E-state index in [9.17, 15) is 9.90 Å². The molecule has 23 heavy (non-hydrogen) atoms. The molecule has 1 amide bonds. The van der Waals surface area contributed by atoms with E-state index in [2.05, 4.69) is 10.3 Å². The second-order valence-electron chi connectivity index (χ2n) is 4.79. The van der Waals surface area contributed by atoms with E-state index in [4.69, 9.17) is 4.74 Å². The van der Waals surface area contributed by atoms with E-state index < -0.39 is 0 Å². The highest BCUT2D eigenvalue weighted by Gasteiger charge is 2.06. The monoisotopic (exact) mass is 312 g/mol. The zero-order valence-corrected chi connectivity index (χ0v) is 13.2. The lowest BCUT2D eigenvalue weighted by Crippen LogP contribution is -2.22. The molecule has 0 aliphatic heterocycles. The number of aliphatic imine (C=N–C) groups is 1. The van der Waals surface area contributed by atoms with Crippen LogP contribution in [0.15, 0.2) is 47.5 Å². The lowest BCUT2D eigenvalue weighted by molar-refractivity contribution is 0.0956. The van der Waals surface area contributed by atoms with E-state index in [-0.39, 0.29) is 11.7 Å². The van der Waals surface area contributed by atoms with Gasteiger partial charge in [0.1, 0.15) is 0 Å². The second-order valence-corrected chi connectivity index (χ2v) is 4.79. The Morgan fingerprint density at radius 3 is 2.78 bits per heavy atom. The normalized spacial score (nSPS) is 10.7. The average Bonchev–Trinajstić information content (AvgIpc) is 2.56. The first-order valence-corrected chi connectivity index (χ1v) is 7.52. The van der Waals surface area contributed by atoms with Crippen molar-refractivity contribution < 1.29 is 14.6 Å². The van der Waals surface area contributed by atoms with Crippen molar-refractivity contribution in [2.75, 3.05) is 13.2 Å². The molecule has 0 unspecified atom stereocenters. The lowest BCUT2D eigenvalue weighted by Gasteiger charge is -2.07. The van der Waals surface area contributed by atoms with E-state index >= 15 is 0 Å². The lowest BCUT2D eigenvalue weighted by atomic mass is 10.2. The first kappa shape index (κ1) is 16.5. The average molecular weight is 312 g/mol. The van der Waals surface area contributed by atoms with Crippen LogP contribution in [0.25, 0.3) is 0 Å². The van der Waals surface area contributed by atoms with Crippen molar-refractivity contribution in [3.63, 3.8) is 0 Å². The fourth-order valence-electron chi connectivity index (χ4n) is 2.05. The number of aromatic hydroxyl groups is 1. The summed E-state index contributed by atoms with van der Waals surface area (Å²) < 4.78 is 5.34. The maximum atomic E-state index is 11.8. The zero-order chi connectivity index (χ0) is 16.7. The highest BCUT2D eigenvalue weighted by Crippen LogP contribution is 2.29. The maximum absolute atomic E-state index is 11.8. The summed E-state index contributed by atoms with van der Waals surface area (Å²) in [5.74, 6) is 0.344. The molecule has 0 radical (unpaired) electrons. The number of ether oxygens (including phenoxy) is 1. The quantitative estimate of drug-likeness (QED) is 0.804. The minimum absolute atomic E-state index is 0.0537. The molecule has 0 saturated heterocycles. The van der Waals surface area contributed by atoms with E-state index in [1.807, 2.05) is 13.8 Å². The molecule has 2 aromatic rings. The van der Waals surface area contributed by atoms with Gasteiger partial charge < -0.3 is 15.2 Å². The zero-order valence-electron chi connectivity index (χ0n) is 13.2. The van der Waals surface area contributed by atoms with Crippen LogP contribution in [0.3, 0.4) is 0 Å². The molecule has 0 spiro atoms. The molecule has 0 atom stereocenters. The molecule has 2 aromatic carbocycles. The van der Waals surface area contributed by atoms with Crippen molar-refractivity contribution in [3.05, 3.63) is 53.6 Å². The fraction of sp³-hybridized carbons (Fsp3) is 0.222. The third-order valence-corrected chi connectivity index (χ3v) is 3.13. The predicted octanol–water partition coefficient (Wildman–Crippen LogP) is 3.29. The summed E-state index contributed by atoms with van der Waals surface area (Å²) in [5.41, 5.74) is 1.74. The van der Waals surface area contributed by atoms with E-state index in [0.717, 1.165) is 0 Å². The molecule has 0 aromatic heterocycles. The number of nitrogens with zero attached hydrogens (tertiary/aromatic N) is 1. The third-order valence-electron chi connectivity index (χ3n) is 3.13. The molecule has 0 saturated carbocycles. The number of phenols is 1. The summed E-state index contributed by atoms with van der Waals surface area (Å²) in [6.07, 6.45) is 1.55. The number of rotatable bonds is 6. The standard InChI is InChI=1S/C18H20N2O3/c1-3-19-18(22)13-7-5-9-15(11-13)20-12-14-8-6-10-16(17(14)21)23-4-2/h5-12,21H,3-4H2,1-2H3,(H,19,22). The third kappa shape index (κ3) is 4.32. The molecular weight excluding hydrogens is 292 g/mol. The summed E-state index contributed by atoms with van der Waals surface area (Å²) >= 11 is 0. The number of nitrogens with one attached hydrogen (secondary N) is 1. The number of para-hydroxylation sites is 1.